The van der Waals surface area contributed by atoms with Crippen molar-refractivity contribution in [1.29, 1.82) is 0 Å². The third-order valence-electron chi connectivity index (χ3n) is 4.47. The highest BCUT2D eigenvalue weighted by molar-refractivity contribution is 5.96. The number of hydrogen-bond acceptors (Lipinski definition) is 6. The number of carbonyl (C=O) groups excluding carboxylic acids is 1. The lowest BCUT2D eigenvalue weighted by Crippen LogP contribution is -2.37. The van der Waals surface area contributed by atoms with Crippen molar-refractivity contribution in [3.63, 3.8) is 0 Å². The Labute approximate surface area is 152 Å². The Bertz CT molecular complexity index is 1180. The predicted octanol–water partition coefficient (Wildman–Crippen LogP) is 0.787. The van der Waals surface area contributed by atoms with Crippen LogP contribution in [0.2, 0.25) is 0 Å². The summed E-state index contributed by atoms with van der Waals surface area (Å²) in [6.07, 6.45) is 0.817. The Hall–Kier alpha value is -3.56. The molecular weight excluding hydrogens is 354 g/mol. The van der Waals surface area contributed by atoms with Crippen LogP contribution in [0.4, 0.5) is 5.95 Å². The standard InChI is InChI=1S/C17H17N5O5/c1-4-10-5-7-11(8-6-10)12(23)9-21-14-13(18-16(21)22(26)27)15(24)20(3)17(25)19(14)2/h5-8H,4,9H2,1-3H3. The molecule has 0 bridgehead atoms. The van der Waals surface area contributed by atoms with E-state index < -0.39 is 34.4 Å². The fraction of sp³-hybridized carbons (Fsp3) is 0.294. The number of fused-ring (bicyclic) bond motifs is 1. The van der Waals surface area contributed by atoms with Gasteiger partial charge in [0.05, 0.1) is 0 Å². The quantitative estimate of drug-likeness (QED) is 0.371. The zero-order valence-corrected chi connectivity index (χ0v) is 15.0. The van der Waals surface area contributed by atoms with Gasteiger partial charge >= 0.3 is 17.2 Å². The van der Waals surface area contributed by atoms with Crippen molar-refractivity contribution in [3.05, 3.63) is 66.3 Å². The van der Waals surface area contributed by atoms with Crippen molar-refractivity contribution < 1.29 is 9.72 Å². The molecule has 10 heteroatoms. The summed E-state index contributed by atoms with van der Waals surface area (Å²) in [5, 5.41) is 11.4. The Morgan fingerprint density at radius 2 is 1.78 bits per heavy atom. The largest absolute Gasteiger partial charge is 0.437 e. The van der Waals surface area contributed by atoms with Crippen LogP contribution in [0.25, 0.3) is 11.2 Å². The smallest absolute Gasteiger partial charge is 0.390 e. The van der Waals surface area contributed by atoms with Gasteiger partial charge in [0, 0.05) is 19.7 Å². The van der Waals surface area contributed by atoms with Crippen molar-refractivity contribution in [2.45, 2.75) is 19.9 Å². The fourth-order valence-electron chi connectivity index (χ4n) is 2.92. The highest BCUT2D eigenvalue weighted by Gasteiger charge is 2.29. The number of imidazole rings is 1. The van der Waals surface area contributed by atoms with Crippen molar-refractivity contribution in [2.75, 3.05) is 0 Å². The second-order valence-corrected chi connectivity index (χ2v) is 6.11. The molecule has 0 radical (unpaired) electrons. The number of aromatic nitrogens is 4. The summed E-state index contributed by atoms with van der Waals surface area (Å²) in [4.78, 5) is 51.5. The van der Waals surface area contributed by atoms with Gasteiger partial charge in [0.2, 0.25) is 5.65 Å². The molecule has 0 aliphatic carbocycles. The Balaban J connectivity index is 2.19. The van der Waals surface area contributed by atoms with E-state index in [0.29, 0.717) is 5.56 Å². The van der Waals surface area contributed by atoms with Crippen LogP contribution < -0.4 is 11.2 Å². The zero-order valence-electron chi connectivity index (χ0n) is 15.0. The van der Waals surface area contributed by atoms with Gasteiger partial charge in [0.25, 0.3) is 5.52 Å². The monoisotopic (exact) mass is 371 g/mol. The maximum Gasteiger partial charge on any atom is 0.437 e. The van der Waals surface area contributed by atoms with Gasteiger partial charge in [-0.2, -0.15) is 4.57 Å². The molecule has 0 atom stereocenters. The van der Waals surface area contributed by atoms with E-state index in [1.165, 1.54) is 14.1 Å². The first kappa shape index (κ1) is 18.2. The van der Waals surface area contributed by atoms with E-state index in [4.69, 9.17) is 0 Å². The molecule has 140 valence electrons. The lowest BCUT2D eigenvalue weighted by atomic mass is 10.1. The molecule has 2 heterocycles. The lowest BCUT2D eigenvalue weighted by molar-refractivity contribution is -0.396. The number of ketones is 1. The number of aryl methyl sites for hydroxylation is 2. The van der Waals surface area contributed by atoms with E-state index in [2.05, 4.69) is 4.98 Å². The molecule has 3 rings (SSSR count). The number of nitrogens with zero attached hydrogens (tertiary/aromatic N) is 5. The third-order valence-corrected chi connectivity index (χ3v) is 4.47. The maximum atomic E-state index is 12.6. The van der Waals surface area contributed by atoms with Gasteiger partial charge in [-0.05, 0) is 16.9 Å². The van der Waals surface area contributed by atoms with E-state index >= 15 is 0 Å². The molecule has 0 unspecified atom stereocenters. The number of nitro groups is 1. The van der Waals surface area contributed by atoms with Crippen LogP contribution in [0.1, 0.15) is 22.8 Å². The Kier molecular flexibility index (Phi) is 4.48. The van der Waals surface area contributed by atoms with E-state index in [-0.39, 0.29) is 11.2 Å². The van der Waals surface area contributed by atoms with E-state index in [9.17, 15) is 24.5 Å². The molecule has 10 nitrogen and oxygen atoms in total. The second kappa shape index (κ2) is 6.63. The zero-order chi connectivity index (χ0) is 19.9. The van der Waals surface area contributed by atoms with Crippen molar-refractivity contribution >= 4 is 22.9 Å². The molecule has 0 saturated carbocycles. The molecule has 0 N–H and O–H groups in total. The molecule has 27 heavy (non-hydrogen) atoms. The molecule has 0 amide bonds. The molecule has 0 saturated heterocycles. The molecule has 0 fully saturated rings. The first-order chi connectivity index (χ1) is 12.8. The summed E-state index contributed by atoms with van der Waals surface area (Å²) < 4.78 is 2.88. The third kappa shape index (κ3) is 2.94. The van der Waals surface area contributed by atoms with Gasteiger partial charge in [-0.1, -0.05) is 36.2 Å². The maximum absolute atomic E-state index is 12.6. The molecule has 0 aliphatic heterocycles. The minimum absolute atomic E-state index is 0.0617. The molecule has 2 aromatic heterocycles. The molecule has 0 aliphatic rings. The summed E-state index contributed by atoms with van der Waals surface area (Å²) in [6, 6.07) is 6.90. The number of rotatable bonds is 5. The first-order valence-electron chi connectivity index (χ1n) is 8.19. The van der Waals surface area contributed by atoms with Crippen LogP contribution in [0, 0.1) is 10.1 Å². The molecule has 0 spiro atoms. The molecular formula is C17H17N5O5. The highest BCUT2D eigenvalue weighted by Crippen LogP contribution is 2.19. The van der Waals surface area contributed by atoms with E-state index in [1.807, 2.05) is 6.92 Å². The van der Waals surface area contributed by atoms with Gasteiger partial charge in [-0.25, -0.2) is 4.79 Å². The Morgan fingerprint density at radius 3 is 2.33 bits per heavy atom. The van der Waals surface area contributed by atoms with Crippen LogP contribution in [0.5, 0.6) is 0 Å². The number of benzene rings is 1. The summed E-state index contributed by atoms with van der Waals surface area (Å²) in [5.74, 6) is -1.06. The predicted molar refractivity (Wildman–Crippen MR) is 97.0 cm³/mol. The van der Waals surface area contributed by atoms with Crippen LogP contribution in [0.15, 0.2) is 33.9 Å². The SMILES string of the molecule is CCc1ccc(C(=O)Cn2c([N+](=O)[O-])nc3c(=O)n(C)c(=O)n(C)c32)cc1. The minimum Gasteiger partial charge on any atom is -0.390 e. The number of carbonyl (C=O) groups is 1. The molecule has 1 aromatic carbocycles. The number of hydrogen-bond donors (Lipinski definition) is 0. The van der Waals surface area contributed by atoms with Gasteiger partial charge in [0.1, 0.15) is 6.54 Å². The summed E-state index contributed by atoms with van der Waals surface area (Å²) in [7, 11) is 2.63. The topological polar surface area (TPSA) is 122 Å². The van der Waals surface area contributed by atoms with Gasteiger partial charge in [-0.15, -0.1) is 0 Å². The summed E-state index contributed by atoms with van der Waals surface area (Å²) in [6.45, 7) is 1.57. The van der Waals surface area contributed by atoms with Crippen molar-refractivity contribution in [1.82, 2.24) is 18.7 Å². The van der Waals surface area contributed by atoms with Crippen LogP contribution >= 0.6 is 0 Å². The van der Waals surface area contributed by atoms with Crippen LogP contribution in [-0.2, 0) is 27.1 Å². The average Bonchev–Trinajstić information content (AvgIpc) is 3.04. The summed E-state index contributed by atoms with van der Waals surface area (Å²) in [5.41, 5.74) is -0.291. The summed E-state index contributed by atoms with van der Waals surface area (Å²) >= 11 is 0. The van der Waals surface area contributed by atoms with Gasteiger partial charge < -0.3 is 10.1 Å². The van der Waals surface area contributed by atoms with E-state index in [0.717, 1.165) is 25.7 Å². The van der Waals surface area contributed by atoms with Crippen LogP contribution in [0.3, 0.4) is 0 Å². The first-order valence-corrected chi connectivity index (χ1v) is 8.19. The van der Waals surface area contributed by atoms with E-state index in [1.54, 1.807) is 24.3 Å². The number of Topliss-reactive ketones (excluding diaryl/α,β-unsaturated/α-hetero) is 1. The highest BCUT2D eigenvalue weighted by atomic mass is 16.6. The fourth-order valence-corrected chi connectivity index (χ4v) is 2.92. The van der Waals surface area contributed by atoms with Gasteiger partial charge in [-0.3, -0.25) is 18.7 Å². The van der Waals surface area contributed by atoms with Gasteiger partial charge in [0.15, 0.2) is 5.78 Å². The lowest BCUT2D eigenvalue weighted by Gasteiger charge is -2.06. The molecule has 3 aromatic rings. The second-order valence-electron chi connectivity index (χ2n) is 6.11. The normalized spacial score (nSPS) is 11.1. The Morgan fingerprint density at radius 1 is 1.15 bits per heavy atom. The van der Waals surface area contributed by atoms with Crippen molar-refractivity contribution in [2.24, 2.45) is 14.1 Å². The average molecular weight is 371 g/mol. The van der Waals surface area contributed by atoms with Crippen LogP contribution in [-0.4, -0.2) is 29.4 Å². The van der Waals surface area contributed by atoms with Crippen molar-refractivity contribution in [3.8, 4) is 0 Å². The minimum atomic E-state index is -0.780.